The molecule has 3 rings (SSSR count). The summed E-state index contributed by atoms with van der Waals surface area (Å²) in [5.74, 6) is -0.112. The summed E-state index contributed by atoms with van der Waals surface area (Å²) in [6.07, 6.45) is 1.16. The fraction of sp³-hybridized carbons (Fsp3) is 0.667. The summed E-state index contributed by atoms with van der Waals surface area (Å²) in [6, 6.07) is 5.03. The Balaban J connectivity index is 1.65. The monoisotopic (exact) mass is 393 g/mol. The van der Waals surface area contributed by atoms with Crippen LogP contribution in [0.25, 0.3) is 0 Å². The number of methoxy groups -OCH3 is 1. The van der Waals surface area contributed by atoms with E-state index in [1.165, 1.54) is 13.2 Å². The highest BCUT2D eigenvalue weighted by atomic mass is 19.1. The molecule has 1 N–H and O–H groups in total. The van der Waals surface area contributed by atoms with Crippen LogP contribution < -0.4 is 4.74 Å². The number of benzene rings is 1. The number of nitrogens with zero attached hydrogens (tertiary/aromatic N) is 3. The maximum absolute atomic E-state index is 14.2. The number of hydrogen-bond acceptors (Lipinski definition) is 5. The molecule has 1 amide bonds. The average molecular weight is 394 g/mol. The molecule has 2 aliphatic heterocycles. The molecule has 2 heterocycles. The van der Waals surface area contributed by atoms with Gasteiger partial charge in [0.2, 0.25) is 0 Å². The van der Waals surface area contributed by atoms with Gasteiger partial charge in [0.05, 0.1) is 7.11 Å². The maximum Gasteiger partial charge on any atom is 0.256 e. The van der Waals surface area contributed by atoms with Gasteiger partial charge in [0.1, 0.15) is 11.6 Å². The number of β-amino-alcohol motifs (C(OH)–C–C–N with tert-alkyl or cyclic N) is 1. The largest absolute Gasteiger partial charge is 0.497 e. The number of amides is 1. The molecule has 2 saturated heterocycles. The van der Waals surface area contributed by atoms with Crippen molar-refractivity contribution in [2.45, 2.75) is 44.9 Å². The van der Waals surface area contributed by atoms with Crippen molar-refractivity contribution in [2.75, 3.05) is 46.4 Å². The molecule has 0 spiro atoms. The van der Waals surface area contributed by atoms with Crippen molar-refractivity contribution < 1.29 is 19.0 Å². The molecule has 0 aliphatic carbocycles. The van der Waals surface area contributed by atoms with Crippen LogP contribution >= 0.6 is 0 Å². The minimum Gasteiger partial charge on any atom is -0.497 e. The van der Waals surface area contributed by atoms with Gasteiger partial charge >= 0.3 is 0 Å². The van der Waals surface area contributed by atoms with Crippen LogP contribution in [0.4, 0.5) is 4.39 Å². The van der Waals surface area contributed by atoms with Crippen molar-refractivity contribution in [1.29, 1.82) is 0 Å². The summed E-state index contributed by atoms with van der Waals surface area (Å²) in [6.45, 7) is 8.96. The minimum atomic E-state index is -1.40. The summed E-state index contributed by atoms with van der Waals surface area (Å²) in [4.78, 5) is 19.2. The Hall–Kier alpha value is -1.70. The minimum absolute atomic E-state index is 0.144. The number of piperidine rings is 1. The molecule has 6 nitrogen and oxygen atoms in total. The van der Waals surface area contributed by atoms with Crippen LogP contribution in [0.2, 0.25) is 0 Å². The van der Waals surface area contributed by atoms with Gasteiger partial charge in [-0.15, -0.1) is 0 Å². The van der Waals surface area contributed by atoms with Crippen molar-refractivity contribution in [3.63, 3.8) is 0 Å². The van der Waals surface area contributed by atoms with E-state index in [0.717, 1.165) is 26.2 Å². The van der Waals surface area contributed by atoms with Gasteiger partial charge in [-0.05, 0) is 44.9 Å². The Bertz CT molecular complexity index is 691. The van der Waals surface area contributed by atoms with Crippen molar-refractivity contribution in [3.8, 4) is 5.75 Å². The number of halogens is 1. The van der Waals surface area contributed by atoms with Crippen LogP contribution in [0.1, 0.15) is 32.3 Å². The number of ether oxygens (including phenoxy) is 1. The first-order valence-corrected chi connectivity index (χ1v) is 10.1. The normalized spacial score (nSPS) is 24.8. The molecule has 1 aromatic carbocycles. The van der Waals surface area contributed by atoms with Crippen LogP contribution in [0.5, 0.6) is 5.75 Å². The second kappa shape index (κ2) is 8.76. The van der Waals surface area contributed by atoms with Gasteiger partial charge in [-0.3, -0.25) is 14.6 Å². The van der Waals surface area contributed by atoms with Crippen molar-refractivity contribution in [2.24, 2.45) is 0 Å². The number of aliphatic hydroxyl groups is 1. The molecule has 2 fully saturated rings. The summed E-state index contributed by atoms with van der Waals surface area (Å²) in [5.41, 5.74) is -0.990. The fourth-order valence-electron chi connectivity index (χ4n) is 4.18. The predicted octanol–water partition coefficient (Wildman–Crippen LogP) is 1.71. The fourth-order valence-corrected chi connectivity index (χ4v) is 4.18. The summed E-state index contributed by atoms with van der Waals surface area (Å²) in [5, 5.41) is 11.1. The SMILES string of the molecule is COc1ccc(F)c(CN2CCC[C@@](O)(CN3CCN(C(C)C)CC3)C2=O)c1. The number of likely N-dealkylation sites (tertiary alicyclic amines) is 1. The van der Waals surface area contributed by atoms with Crippen LogP contribution in [0.15, 0.2) is 18.2 Å². The predicted molar refractivity (Wildman–Crippen MR) is 106 cm³/mol. The molecule has 28 heavy (non-hydrogen) atoms. The summed E-state index contributed by atoms with van der Waals surface area (Å²) < 4.78 is 19.3. The average Bonchev–Trinajstić information content (AvgIpc) is 2.67. The van der Waals surface area contributed by atoms with Crippen LogP contribution in [0, 0.1) is 5.82 Å². The molecule has 1 aromatic rings. The van der Waals surface area contributed by atoms with Gasteiger partial charge in [-0.2, -0.15) is 0 Å². The van der Waals surface area contributed by atoms with E-state index >= 15 is 0 Å². The van der Waals surface area contributed by atoms with Gasteiger partial charge < -0.3 is 14.7 Å². The first-order valence-electron chi connectivity index (χ1n) is 10.1. The number of carbonyl (C=O) groups is 1. The number of piperazine rings is 1. The van der Waals surface area contributed by atoms with Crippen LogP contribution in [-0.2, 0) is 11.3 Å². The molecular weight excluding hydrogens is 361 g/mol. The van der Waals surface area contributed by atoms with E-state index < -0.39 is 5.60 Å². The third-order valence-electron chi connectivity index (χ3n) is 5.94. The Labute approximate surface area is 166 Å². The molecule has 0 radical (unpaired) electrons. The van der Waals surface area contributed by atoms with Crippen LogP contribution in [-0.4, -0.2) is 83.7 Å². The van der Waals surface area contributed by atoms with Gasteiger partial charge in [0.25, 0.3) is 5.91 Å². The standard InChI is InChI=1S/C21H32FN3O3/c1-16(2)24-11-9-23(10-12-24)15-21(27)7-4-8-25(20(21)26)14-17-13-18(28-3)5-6-19(17)22/h5-6,13,16,27H,4,7-12,14-15H2,1-3H3/t21-/m1/s1. The zero-order valence-electron chi connectivity index (χ0n) is 17.2. The lowest BCUT2D eigenvalue weighted by atomic mass is 9.90. The third-order valence-corrected chi connectivity index (χ3v) is 5.94. The summed E-state index contributed by atoms with van der Waals surface area (Å²) >= 11 is 0. The smallest absolute Gasteiger partial charge is 0.256 e. The van der Waals surface area contributed by atoms with Gasteiger partial charge in [0.15, 0.2) is 5.60 Å². The van der Waals surface area contributed by atoms with Crippen LogP contribution in [0.3, 0.4) is 0 Å². The van der Waals surface area contributed by atoms with E-state index in [-0.39, 0.29) is 18.3 Å². The van der Waals surface area contributed by atoms with E-state index in [9.17, 15) is 14.3 Å². The van der Waals surface area contributed by atoms with E-state index in [2.05, 4.69) is 23.6 Å². The highest BCUT2D eigenvalue weighted by Crippen LogP contribution is 2.27. The number of carbonyl (C=O) groups excluding carboxylic acids is 1. The van der Waals surface area contributed by atoms with E-state index in [1.807, 2.05) is 0 Å². The number of rotatable bonds is 6. The molecule has 1 atom stereocenters. The first kappa shape index (κ1) is 21.0. The highest BCUT2D eigenvalue weighted by Gasteiger charge is 2.43. The molecule has 0 bridgehead atoms. The summed E-state index contributed by atoms with van der Waals surface area (Å²) in [7, 11) is 1.53. The second-order valence-electron chi connectivity index (χ2n) is 8.23. The lowest BCUT2D eigenvalue weighted by Gasteiger charge is -2.43. The second-order valence-corrected chi connectivity index (χ2v) is 8.23. The van der Waals surface area contributed by atoms with Gasteiger partial charge in [0, 0.05) is 57.4 Å². The zero-order chi connectivity index (χ0) is 20.3. The molecule has 156 valence electrons. The zero-order valence-corrected chi connectivity index (χ0v) is 17.2. The third kappa shape index (κ3) is 4.64. The van der Waals surface area contributed by atoms with E-state index in [4.69, 9.17) is 4.74 Å². The molecule has 0 saturated carbocycles. The number of hydrogen-bond donors (Lipinski definition) is 1. The quantitative estimate of drug-likeness (QED) is 0.798. The van der Waals surface area contributed by atoms with Crippen molar-refractivity contribution in [1.82, 2.24) is 14.7 Å². The lowest BCUT2D eigenvalue weighted by Crippen LogP contribution is -2.60. The molecular formula is C21H32FN3O3. The molecule has 2 aliphatic rings. The lowest BCUT2D eigenvalue weighted by molar-refractivity contribution is -0.160. The topological polar surface area (TPSA) is 56.3 Å². The van der Waals surface area contributed by atoms with E-state index in [1.54, 1.807) is 17.0 Å². The highest BCUT2D eigenvalue weighted by molar-refractivity contribution is 5.86. The Kier molecular flexibility index (Phi) is 6.58. The van der Waals surface area contributed by atoms with Gasteiger partial charge in [-0.1, -0.05) is 0 Å². The first-order chi connectivity index (χ1) is 13.3. The van der Waals surface area contributed by atoms with Crippen molar-refractivity contribution >= 4 is 5.91 Å². The Morgan fingerprint density at radius 1 is 1.21 bits per heavy atom. The maximum atomic E-state index is 14.2. The van der Waals surface area contributed by atoms with Gasteiger partial charge in [-0.25, -0.2) is 4.39 Å². The van der Waals surface area contributed by atoms with Crippen molar-refractivity contribution in [3.05, 3.63) is 29.6 Å². The molecule has 0 aromatic heterocycles. The Morgan fingerprint density at radius 2 is 1.93 bits per heavy atom. The van der Waals surface area contributed by atoms with E-state index in [0.29, 0.717) is 43.3 Å². The Morgan fingerprint density at radius 3 is 2.57 bits per heavy atom. The molecule has 7 heteroatoms. The molecule has 0 unspecified atom stereocenters.